The van der Waals surface area contributed by atoms with Gasteiger partial charge in [0.15, 0.2) is 5.78 Å². The molecule has 0 spiro atoms. The van der Waals surface area contributed by atoms with Gasteiger partial charge in [0, 0.05) is 0 Å². The minimum absolute atomic E-state index is 0.257. The SMILES string of the molecule is CC(=O)C1=CC[C@H](C(C)(C)C)CC1. The van der Waals surface area contributed by atoms with E-state index in [1.165, 1.54) is 6.42 Å². The number of carbonyl (C=O) groups is 1. The summed E-state index contributed by atoms with van der Waals surface area (Å²) < 4.78 is 0. The van der Waals surface area contributed by atoms with Crippen LogP contribution in [0.2, 0.25) is 0 Å². The molecule has 1 rings (SSSR count). The Morgan fingerprint density at radius 1 is 1.46 bits per heavy atom. The van der Waals surface area contributed by atoms with E-state index < -0.39 is 0 Å². The van der Waals surface area contributed by atoms with Crippen LogP contribution in [0.1, 0.15) is 47.0 Å². The topological polar surface area (TPSA) is 17.1 Å². The van der Waals surface area contributed by atoms with Crippen molar-refractivity contribution in [3.05, 3.63) is 11.6 Å². The highest BCUT2D eigenvalue weighted by Gasteiger charge is 2.26. The largest absolute Gasteiger partial charge is 0.295 e. The van der Waals surface area contributed by atoms with E-state index in [2.05, 4.69) is 26.8 Å². The highest BCUT2D eigenvalue weighted by Crippen LogP contribution is 2.37. The van der Waals surface area contributed by atoms with E-state index >= 15 is 0 Å². The van der Waals surface area contributed by atoms with E-state index in [-0.39, 0.29) is 5.78 Å². The number of carbonyl (C=O) groups excluding carboxylic acids is 1. The zero-order valence-corrected chi connectivity index (χ0v) is 9.18. The third-order valence-corrected chi connectivity index (χ3v) is 3.09. The Morgan fingerprint density at radius 2 is 2.08 bits per heavy atom. The Morgan fingerprint density at radius 3 is 2.38 bits per heavy atom. The lowest BCUT2D eigenvalue weighted by atomic mass is 9.73. The molecule has 1 aliphatic carbocycles. The number of rotatable bonds is 1. The zero-order valence-electron chi connectivity index (χ0n) is 9.18. The van der Waals surface area contributed by atoms with Crippen LogP contribution in [0, 0.1) is 11.3 Å². The van der Waals surface area contributed by atoms with Crippen molar-refractivity contribution in [1.29, 1.82) is 0 Å². The lowest BCUT2D eigenvalue weighted by Crippen LogP contribution is -2.23. The number of ketones is 1. The van der Waals surface area contributed by atoms with E-state index in [1.54, 1.807) is 6.92 Å². The van der Waals surface area contributed by atoms with Crippen LogP contribution in [-0.2, 0) is 4.79 Å². The van der Waals surface area contributed by atoms with Crippen molar-refractivity contribution in [3.63, 3.8) is 0 Å². The van der Waals surface area contributed by atoms with Crippen molar-refractivity contribution in [2.45, 2.75) is 47.0 Å². The molecule has 0 aromatic heterocycles. The molecule has 1 aliphatic rings. The van der Waals surface area contributed by atoms with Crippen LogP contribution in [0.15, 0.2) is 11.6 Å². The molecule has 0 aliphatic heterocycles. The second kappa shape index (κ2) is 3.65. The molecule has 0 saturated carbocycles. The van der Waals surface area contributed by atoms with Crippen LogP contribution in [-0.4, -0.2) is 5.78 Å². The average Bonchev–Trinajstić information content (AvgIpc) is 2.03. The maximum Gasteiger partial charge on any atom is 0.155 e. The minimum atomic E-state index is 0.257. The van der Waals surface area contributed by atoms with Crippen LogP contribution in [0.25, 0.3) is 0 Å². The fourth-order valence-corrected chi connectivity index (χ4v) is 1.94. The van der Waals surface area contributed by atoms with Crippen molar-refractivity contribution in [2.75, 3.05) is 0 Å². The van der Waals surface area contributed by atoms with Gasteiger partial charge in [0.2, 0.25) is 0 Å². The van der Waals surface area contributed by atoms with Crippen molar-refractivity contribution in [1.82, 2.24) is 0 Å². The zero-order chi connectivity index (χ0) is 10.1. The summed E-state index contributed by atoms with van der Waals surface area (Å²) in [6, 6.07) is 0. The molecule has 0 N–H and O–H groups in total. The molecule has 0 aromatic carbocycles. The fourth-order valence-electron chi connectivity index (χ4n) is 1.94. The van der Waals surface area contributed by atoms with Crippen LogP contribution >= 0.6 is 0 Å². The van der Waals surface area contributed by atoms with Crippen molar-refractivity contribution in [2.24, 2.45) is 11.3 Å². The van der Waals surface area contributed by atoms with Gasteiger partial charge < -0.3 is 0 Å². The standard InChI is InChI=1S/C12H20O/c1-9(13)10-5-7-11(8-6-10)12(2,3)4/h5,11H,6-8H2,1-4H3/t11-/m0/s1. The molecular formula is C12H20O. The van der Waals surface area contributed by atoms with E-state index in [0.29, 0.717) is 5.41 Å². The molecule has 0 heterocycles. The summed E-state index contributed by atoms with van der Waals surface area (Å²) in [5.41, 5.74) is 1.43. The van der Waals surface area contributed by atoms with E-state index in [0.717, 1.165) is 24.3 Å². The summed E-state index contributed by atoms with van der Waals surface area (Å²) in [7, 11) is 0. The summed E-state index contributed by atoms with van der Waals surface area (Å²) in [4.78, 5) is 11.1. The number of Topliss-reactive ketones (excluding diaryl/α,β-unsaturated/α-hetero) is 1. The Kier molecular flexibility index (Phi) is 2.94. The lowest BCUT2D eigenvalue weighted by Gasteiger charge is -2.32. The van der Waals surface area contributed by atoms with Gasteiger partial charge in [-0.1, -0.05) is 26.8 Å². The molecule has 0 aromatic rings. The van der Waals surface area contributed by atoms with E-state index in [9.17, 15) is 4.79 Å². The molecule has 13 heavy (non-hydrogen) atoms. The van der Waals surface area contributed by atoms with Crippen molar-refractivity contribution >= 4 is 5.78 Å². The Balaban J connectivity index is 2.61. The predicted octanol–water partition coefficient (Wildman–Crippen LogP) is 3.35. The molecule has 0 bridgehead atoms. The van der Waals surface area contributed by atoms with Gasteiger partial charge in [-0.05, 0) is 43.1 Å². The maximum atomic E-state index is 11.1. The number of hydrogen-bond acceptors (Lipinski definition) is 1. The molecule has 0 saturated heterocycles. The molecule has 1 heteroatoms. The van der Waals surface area contributed by atoms with Crippen molar-refractivity contribution < 1.29 is 4.79 Å². The smallest absolute Gasteiger partial charge is 0.155 e. The van der Waals surface area contributed by atoms with Crippen LogP contribution < -0.4 is 0 Å². The first kappa shape index (κ1) is 10.5. The van der Waals surface area contributed by atoms with Gasteiger partial charge in [-0.25, -0.2) is 0 Å². The highest BCUT2D eigenvalue weighted by atomic mass is 16.1. The first-order chi connectivity index (χ1) is 5.91. The molecule has 0 fully saturated rings. The summed E-state index contributed by atoms with van der Waals surface area (Å²) in [5.74, 6) is 1.00. The van der Waals surface area contributed by atoms with Gasteiger partial charge in [-0.15, -0.1) is 0 Å². The third kappa shape index (κ3) is 2.68. The van der Waals surface area contributed by atoms with E-state index in [1.807, 2.05) is 0 Å². The Labute approximate surface area is 81.2 Å². The second-order valence-corrected chi connectivity index (χ2v) is 5.12. The van der Waals surface area contributed by atoms with Crippen LogP contribution in [0.4, 0.5) is 0 Å². The molecule has 0 unspecified atom stereocenters. The Bertz CT molecular complexity index is 230. The maximum absolute atomic E-state index is 11.1. The van der Waals surface area contributed by atoms with E-state index in [4.69, 9.17) is 0 Å². The summed E-state index contributed by atoms with van der Waals surface area (Å²) in [6.45, 7) is 8.52. The second-order valence-electron chi connectivity index (χ2n) is 5.12. The van der Waals surface area contributed by atoms with Gasteiger partial charge in [-0.3, -0.25) is 4.79 Å². The minimum Gasteiger partial charge on any atom is -0.295 e. The summed E-state index contributed by atoms with van der Waals surface area (Å²) in [6.07, 6.45) is 5.38. The third-order valence-electron chi connectivity index (χ3n) is 3.09. The number of allylic oxidation sites excluding steroid dienone is 2. The molecular weight excluding hydrogens is 160 g/mol. The van der Waals surface area contributed by atoms with Gasteiger partial charge in [0.1, 0.15) is 0 Å². The average molecular weight is 180 g/mol. The molecule has 74 valence electrons. The quantitative estimate of drug-likeness (QED) is 0.605. The summed E-state index contributed by atoms with van der Waals surface area (Å²) >= 11 is 0. The summed E-state index contributed by atoms with van der Waals surface area (Å²) in [5, 5.41) is 0. The number of hydrogen-bond donors (Lipinski definition) is 0. The molecule has 1 atom stereocenters. The Hall–Kier alpha value is -0.590. The molecule has 0 amide bonds. The molecule has 1 nitrogen and oxygen atoms in total. The van der Waals surface area contributed by atoms with Crippen LogP contribution in [0.3, 0.4) is 0 Å². The van der Waals surface area contributed by atoms with Crippen LogP contribution in [0.5, 0.6) is 0 Å². The monoisotopic (exact) mass is 180 g/mol. The van der Waals surface area contributed by atoms with Gasteiger partial charge >= 0.3 is 0 Å². The fraction of sp³-hybridized carbons (Fsp3) is 0.750. The first-order valence-corrected chi connectivity index (χ1v) is 5.11. The lowest BCUT2D eigenvalue weighted by molar-refractivity contribution is -0.113. The van der Waals surface area contributed by atoms with Gasteiger partial charge in [-0.2, -0.15) is 0 Å². The normalized spacial score (nSPS) is 24.0. The molecule has 0 radical (unpaired) electrons. The predicted molar refractivity (Wildman–Crippen MR) is 55.6 cm³/mol. The van der Waals surface area contributed by atoms with Gasteiger partial charge in [0.05, 0.1) is 0 Å². The van der Waals surface area contributed by atoms with Crippen molar-refractivity contribution in [3.8, 4) is 0 Å². The first-order valence-electron chi connectivity index (χ1n) is 5.11. The highest BCUT2D eigenvalue weighted by molar-refractivity contribution is 5.93. The van der Waals surface area contributed by atoms with Gasteiger partial charge in [0.25, 0.3) is 0 Å².